The van der Waals surface area contributed by atoms with Crippen LogP contribution in [0.5, 0.6) is 5.75 Å². The number of carbonyl (C=O) groups excluding carboxylic acids is 2. The van der Waals surface area contributed by atoms with Crippen LogP contribution in [0.2, 0.25) is 0 Å². The van der Waals surface area contributed by atoms with Crippen molar-refractivity contribution in [3.05, 3.63) is 101 Å². The molecule has 0 bridgehead atoms. The van der Waals surface area contributed by atoms with E-state index in [1.54, 1.807) is 36.7 Å². The summed E-state index contributed by atoms with van der Waals surface area (Å²) < 4.78 is 5.94. The van der Waals surface area contributed by atoms with Gasteiger partial charge in [-0.2, -0.15) is 0 Å². The van der Waals surface area contributed by atoms with Crippen LogP contribution in [0.1, 0.15) is 28.3 Å². The quantitative estimate of drug-likeness (QED) is 0.304. The molecule has 35 heavy (non-hydrogen) atoms. The first-order valence-electron chi connectivity index (χ1n) is 11.5. The minimum atomic E-state index is -0.710. The van der Waals surface area contributed by atoms with Crippen LogP contribution in [0.3, 0.4) is 0 Å². The second-order valence-corrected chi connectivity index (χ2v) is 8.84. The van der Waals surface area contributed by atoms with Crippen molar-refractivity contribution in [3.8, 4) is 5.75 Å². The molecule has 0 radical (unpaired) electrons. The lowest BCUT2D eigenvalue weighted by Gasteiger charge is -2.26. The lowest BCUT2D eigenvalue weighted by molar-refractivity contribution is -0.140. The van der Waals surface area contributed by atoms with E-state index in [4.69, 9.17) is 4.74 Å². The van der Waals surface area contributed by atoms with Crippen molar-refractivity contribution in [2.24, 2.45) is 0 Å². The largest absolute Gasteiger partial charge is 0.507 e. The van der Waals surface area contributed by atoms with Crippen LogP contribution in [0.4, 0.5) is 0 Å². The molecule has 2 heterocycles. The van der Waals surface area contributed by atoms with E-state index in [9.17, 15) is 14.7 Å². The molecule has 3 aromatic rings. The first kappa shape index (κ1) is 24.2. The van der Waals surface area contributed by atoms with E-state index in [0.717, 1.165) is 11.1 Å². The molecule has 0 unspecified atom stereocenters. The van der Waals surface area contributed by atoms with Gasteiger partial charge in [-0.1, -0.05) is 36.4 Å². The molecule has 1 fully saturated rings. The molecule has 7 nitrogen and oxygen atoms in total. The van der Waals surface area contributed by atoms with E-state index in [1.165, 1.54) is 4.90 Å². The van der Waals surface area contributed by atoms with Crippen molar-refractivity contribution >= 4 is 17.4 Å². The molecule has 1 saturated heterocycles. The van der Waals surface area contributed by atoms with Gasteiger partial charge in [0, 0.05) is 31.0 Å². The van der Waals surface area contributed by atoms with Gasteiger partial charge in [0.2, 0.25) is 0 Å². The highest BCUT2D eigenvalue weighted by Crippen LogP contribution is 2.39. The normalized spacial score (nSPS) is 17.3. The number of hydrogen-bond acceptors (Lipinski definition) is 6. The molecule has 1 N–H and O–H groups in total. The summed E-state index contributed by atoms with van der Waals surface area (Å²) in [4.78, 5) is 33.7. The molecule has 180 valence electrons. The fraction of sp³-hybridized carbons (Fsp3) is 0.250. The third-order valence-electron chi connectivity index (χ3n) is 6.01. The van der Waals surface area contributed by atoms with E-state index in [2.05, 4.69) is 4.98 Å². The van der Waals surface area contributed by atoms with Gasteiger partial charge in [0.1, 0.15) is 18.1 Å². The number of amides is 1. The maximum atomic E-state index is 13.1. The second-order valence-electron chi connectivity index (χ2n) is 8.84. The molecule has 1 aliphatic heterocycles. The van der Waals surface area contributed by atoms with E-state index >= 15 is 0 Å². The number of ketones is 1. The van der Waals surface area contributed by atoms with Gasteiger partial charge >= 0.3 is 0 Å². The number of benzene rings is 2. The summed E-state index contributed by atoms with van der Waals surface area (Å²) in [6.45, 7) is 3.23. The van der Waals surface area contributed by atoms with Gasteiger partial charge in [0.15, 0.2) is 0 Å². The molecule has 4 rings (SSSR count). The van der Waals surface area contributed by atoms with Crippen LogP contribution in [0, 0.1) is 6.92 Å². The molecule has 0 spiro atoms. The number of pyridine rings is 1. The fourth-order valence-electron chi connectivity index (χ4n) is 4.15. The van der Waals surface area contributed by atoms with Crippen molar-refractivity contribution in [3.63, 3.8) is 0 Å². The third kappa shape index (κ3) is 5.25. The number of nitrogens with zero attached hydrogens (tertiary/aromatic N) is 3. The van der Waals surface area contributed by atoms with Gasteiger partial charge in [0.05, 0.1) is 11.6 Å². The monoisotopic (exact) mass is 471 g/mol. The van der Waals surface area contributed by atoms with Crippen LogP contribution in [0.25, 0.3) is 5.76 Å². The predicted octanol–water partition coefficient (Wildman–Crippen LogP) is 3.95. The van der Waals surface area contributed by atoms with Gasteiger partial charge in [-0.15, -0.1) is 0 Å². The minimum absolute atomic E-state index is 0.0686. The Balaban J connectivity index is 1.68. The Kier molecular flexibility index (Phi) is 7.27. The van der Waals surface area contributed by atoms with Crippen LogP contribution >= 0.6 is 0 Å². The molecule has 2 aromatic carbocycles. The van der Waals surface area contributed by atoms with Gasteiger partial charge in [-0.05, 0) is 62.0 Å². The molecule has 1 aliphatic rings. The number of aliphatic hydroxyl groups excluding tert-OH is 1. The van der Waals surface area contributed by atoms with Crippen LogP contribution in [-0.4, -0.2) is 58.8 Å². The Morgan fingerprint density at radius 2 is 1.86 bits per heavy atom. The summed E-state index contributed by atoms with van der Waals surface area (Å²) in [6, 6.07) is 17.9. The molecule has 0 saturated carbocycles. The maximum Gasteiger partial charge on any atom is 0.295 e. The summed E-state index contributed by atoms with van der Waals surface area (Å²) in [5.74, 6) is -0.845. The zero-order valence-electron chi connectivity index (χ0n) is 20.1. The highest BCUT2D eigenvalue weighted by atomic mass is 16.5. The second kappa shape index (κ2) is 10.5. The average Bonchev–Trinajstić information content (AvgIpc) is 3.12. The average molecular weight is 472 g/mol. The molecule has 7 heteroatoms. The highest BCUT2D eigenvalue weighted by Gasteiger charge is 2.46. The molecular formula is C28H29N3O4. The Hall–Kier alpha value is -3.97. The zero-order valence-corrected chi connectivity index (χ0v) is 20.1. The van der Waals surface area contributed by atoms with E-state index in [-0.39, 0.29) is 11.3 Å². The van der Waals surface area contributed by atoms with Gasteiger partial charge in [-0.25, -0.2) is 0 Å². The zero-order chi connectivity index (χ0) is 24.9. The minimum Gasteiger partial charge on any atom is -0.507 e. The number of aliphatic hydroxyl groups is 1. The number of hydrogen-bond donors (Lipinski definition) is 1. The van der Waals surface area contributed by atoms with Crippen molar-refractivity contribution in [2.45, 2.75) is 19.6 Å². The van der Waals surface area contributed by atoms with Gasteiger partial charge in [-0.3, -0.25) is 14.6 Å². The summed E-state index contributed by atoms with van der Waals surface area (Å²) >= 11 is 0. The number of aromatic nitrogens is 1. The molecule has 1 aromatic heterocycles. The van der Waals surface area contributed by atoms with Crippen LogP contribution in [-0.2, 0) is 16.2 Å². The summed E-state index contributed by atoms with van der Waals surface area (Å²) in [5.41, 5.74) is 3.05. The van der Waals surface area contributed by atoms with E-state index in [0.29, 0.717) is 36.6 Å². The number of carbonyl (C=O) groups is 2. The fourth-order valence-corrected chi connectivity index (χ4v) is 4.15. The Morgan fingerprint density at radius 3 is 2.51 bits per heavy atom. The Bertz CT molecular complexity index is 1240. The lowest BCUT2D eigenvalue weighted by atomic mass is 9.95. The standard InChI is InChI=1S/C28H29N3O4/c1-19-16-21(11-12-23(19)35-18-20-8-5-4-6-9-20)26(32)24-25(22-10-7-13-29-17-22)31(15-14-30(2)3)28(34)27(24)33/h4-13,16-17,25,32H,14-15,18H2,1-3H3/t25-/m0/s1. The number of aryl methyl sites for hydroxylation is 1. The molecule has 1 atom stereocenters. The Labute approximate surface area is 205 Å². The van der Waals surface area contributed by atoms with Crippen molar-refractivity contribution in [1.82, 2.24) is 14.8 Å². The highest BCUT2D eigenvalue weighted by molar-refractivity contribution is 6.46. The predicted molar refractivity (Wildman–Crippen MR) is 134 cm³/mol. The van der Waals surface area contributed by atoms with Gasteiger partial charge < -0.3 is 19.6 Å². The third-order valence-corrected chi connectivity index (χ3v) is 6.01. The number of likely N-dealkylation sites (tertiary alicyclic amines) is 1. The first-order chi connectivity index (χ1) is 16.9. The topological polar surface area (TPSA) is 83.0 Å². The van der Waals surface area contributed by atoms with Gasteiger partial charge in [0.25, 0.3) is 11.7 Å². The number of rotatable bonds is 8. The molecular weight excluding hydrogens is 442 g/mol. The number of Topliss-reactive ketones (excluding diaryl/α,β-unsaturated/α-hetero) is 1. The molecule has 0 aliphatic carbocycles. The van der Waals surface area contributed by atoms with E-state index < -0.39 is 17.7 Å². The summed E-state index contributed by atoms with van der Waals surface area (Å²) in [7, 11) is 3.81. The summed E-state index contributed by atoms with van der Waals surface area (Å²) in [5, 5.41) is 11.3. The maximum absolute atomic E-state index is 13.1. The molecule has 1 amide bonds. The van der Waals surface area contributed by atoms with Crippen LogP contribution in [0.15, 0.2) is 78.6 Å². The van der Waals surface area contributed by atoms with Crippen molar-refractivity contribution < 1.29 is 19.4 Å². The number of likely N-dealkylation sites (N-methyl/N-ethyl adjacent to an activating group) is 1. The lowest BCUT2D eigenvalue weighted by Crippen LogP contribution is -2.35. The van der Waals surface area contributed by atoms with E-state index in [1.807, 2.05) is 62.3 Å². The summed E-state index contributed by atoms with van der Waals surface area (Å²) in [6.07, 6.45) is 3.26. The van der Waals surface area contributed by atoms with Crippen molar-refractivity contribution in [1.29, 1.82) is 0 Å². The van der Waals surface area contributed by atoms with Crippen molar-refractivity contribution in [2.75, 3.05) is 27.2 Å². The Morgan fingerprint density at radius 1 is 1.09 bits per heavy atom. The van der Waals surface area contributed by atoms with Crippen LogP contribution < -0.4 is 4.74 Å². The SMILES string of the molecule is Cc1cc(C(O)=C2C(=O)C(=O)N(CCN(C)C)[C@H]2c2cccnc2)ccc1OCc1ccccc1. The smallest absolute Gasteiger partial charge is 0.295 e. The first-order valence-corrected chi connectivity index (χ1v) is 11.5. The number of ether oxygens (including phenoxy) is 1.